The van der Waals surface area contributed by atoms with Crippen LogP contribution in [-0.4, -0.2) is 43.0 Å². The van der Waals surface area contributed by atoms with Gasteiger partial charge in [0.05, 0.1) is 6.10 Å². The molecule has 2 atom stereocenters. The second-order valence-electron chi connectivity index (χ2n) is 4.44. The van der Waals surface area contributed by atoms with Crippen LogP contribution in [0.3, 0.4) is 0 Å². The van der Waals surface area contributed by atoms with Crippen molar-refractivity contribution in [2.24, 2.45) is 5.92 Å². The fourth-order valence-electron chi connectivity index (χ4n) is 2.09. The van der Waals surface area contributed by atoms with E-state index in [4.69, 9.17) is 4.74 Å². The summed E-state index contributed by atoms with van der Waals surface area (Å²) in [7, 11) is 0. The van der Waals surface area contributed by atoms with Crippen LogP contribution in [0.4, 0.5) is 0 Å². The second kappa shape index (κ2) is 7.53. The van der Waals surface area contributed by atoms with Crippen molar-refractivity contribution in [1.82, 2.24) is 4.90 Å². The molecular formula is C12H25NOS. The van der Waals surface area contributed by atoms with Gasteiger partial charge in [0.15, 0.2) is 0 Å². The molecule has 1 heterocycles. The standard InChI is InChI=1S/C12H25NOS/c1-3-11(10-15)8-13(4-2)9-12-6-5-7-14-12/h11-12,15H,3-10H2,1-2H3. The van der Waals surface area contributed by atoms with E-state index in [0.717, 1.165) is 31.4 Å². The molecule has 3 heteroatoms. The summed E-state index contributed by atoms with van der Waals surface area (Å²) >= 11 is 4.40. The fraction of sp³-hybridized carbons (Fsp3) is 1.00. The molecular weight excluding hydrogens is 206 g/mol. The van der Waals surface area contributed by atoms with E-state index in [2.05, 4.69) is 31.4 Å². The molecule has 0 radical (unpaired) electrons. The van der Waals surface area contributed by atoms with Crippen LogP contribution in [-0.2, 0) is 4.74 Å². The Morgan fingerprint density at radius 3 is 2.73 bits per heavy atom. The van der Waals surface area contributed by atoms with E-state index >= 15 is 0 Å². The monoisotopic (exact) mass is 231 g/mol. The quantitative estimate of drug-likeness (QED) is 0.676. The highest BCUT2D eigenvalue weighted by atomic mass is 32.1. The second-order valence-corrected chi connectivity index (χ2v) is 4.81. The van der Waals surface area contributed by atoms with Gasteiger partial charge < -0.3 is 9.64 Å². The molecule has 1 rings (SSSR count). The molecule has 0 saturated carbocycles. The number of hydrogen-bond acceptors (Lipinski definition) is 3. The van der Waals surface area contributed by atoms with Crippen LogP contribution in [0.1, 0.15) is 33.1 Å². The smallest absolute Gasteiger partial charge is 0.0702 e. The van der Waals surface area contributed by atoms with E-state index in [0.29, 0.717) is 6.10 Å². The Labute approximate surface area is 99.8 Å². The van der Waals surface area contributed by atoms with Crippen molar-refractivity contribution in [3.63, 3.8) is 0 Å². The Kier molecular flexibility index (Phi) is 6.69. The van der Waals surface area contributed by atoms with Crippen molar-refractivity contribution in [1.29, 1.82) is 0 Å². The zero-order chi connectivity index (χ0) is 11.1. The third-order valence-corrected chi connectivity index (χ3v) is 3.80. The summed E-state index contributed by atoms with van der Waals surface area (Å²) in [6.45, 7) is 8.87. The van der Waals surface area contributed by atoms with Crippen molar-refractivity contribution in [2.75, 3.05) is 32.0 Å². The first kappa shape index (κ1) is 13.3. The summed E-state index contributed by atoms with van der Waals surface area (Å²) in [6.07, 6.45) is 4.20. The van der Waals surface area contributed by atoms with Gasteiger partial charge in [-0.25, -0.2) is 0 Å². The third kappa shape index (κ3) is 4.75. The normalized spacial score (nSPS) is 23.6. The maximum Gasteiger partial charge on any atom is 0.0702 e. The predicted molar refractivity (Wildman–Crippen MR) is 68.7 cm³/mol. The molecule has 0 aromatic heterocycles. The molecule has 15 heavy (non-hydrogen) atoms. The van der Waals surface area contributed by atoms with E-state index < -0.39 is 0 Å². The van der Waals surface area contributed by atoms with Gasteiger partial charge in [-0.2, -0.15) is 12.6 Å². The summed E-state index contributed by atoms with van der Waals surface area (Å²) in [4.78, 5) is 2.51. The van der Waals surface area contributed by atoms with Crippen LogP contribution in [0.2, 0.25) is 0 Å². The minimum Gasteiger partial charge on any atom is -0.377 e. The van der Waals surface area contributed by atoms with Crippen LogP contribution >= 0.6 is 12.6 Å². The third-order valence-electron chi connectivity index (χ3n) is 3.28. The lowest BCUT2D eigenvalue weighted by Crippen LogP contribution is -2.36. The molecule has 1 fully saturated rings. The molecule has 2 unspecified atom stereocenters. The van der Waals surface area contributed by atoms with Gasteiger partial charge in [0.25, 0.3) is 0 Å². The molecule has 1 saturated heterocycles. The lowest BCUT2D eigenvalue weighted by atomic mass is 10.1. The Morgan fingerprint density at radius 1 is 1.47 bits per heavy atom. The molecule has 2 nitrogen and oxygen atoms in total. The lowest BCUT2D eigenvalue weighted by molar-refractivity contribution is 0.0703. The number of hydrogen-bond donors (Lipinski definition) is 1. The minimum atomic E-state index is 0.488. The van der Waals surface area contributed by atoms with Crippen molar-refractivity contribution < 1.29 is 4.74 Å². The van der Waals surface area contributed by atoms with Crippen molar-refractivity contribution in [2.45, 2.75) is 39.2 Å². The molecule has 0 spiro atoms. The maximum atomic E-state index is 5.67. The highest BCUT2D eigenvalue weighted by molar-refractivity contribution is 7.80. The van der Waals surface area contributed by atoms with Crippen molar-refractivity contribution in [3.05, 3.63) is 0 Å². The van der Waals surface area contributed by atoms with Crippen LogP contribution in [0.25, 0.3) is 0 Å². The molecule has 1 aliphatic rings. The zero-order valence-corrected chi connectivity index (χ0v) is 11.0. The average Bonchev–Trinajstić information content (AvgIpc) is 2.76. The summed E-state index contributed by atoms with van der Waals surface area (Å²) < 4.78 is 5.67. The molecule has 0 aromatic rings. The molecule has 0 N–H and O–H groups in total. The first-order valence-electron chi connectivity index (χ1n) is 6.24. The molecule has 0 bridgehead atoms. The van der Waals surface area contributed by atoms with Crippen molar-refractivity contribution in [3.8, 4) is 0 Å². The van der Waals surface area contributed by atoms with Gasteiger partial charge in [-0.3, -0.25) is 0 Å². The van der Waals surface area contributed by atoms with E-state index in [1.807, 2.05) is 0 Å². The zero-order valence-electron chi connectivity index (χ0n) is 10.1. The minimum absolute atomic E-state index is 0.488. The Bertz CT molecular complexity index is 152. The van der Waals surface area contributed by atoms with Crippen LogP contribution < -0.4 is 0 Å². The van der Waals surface area contributed by atoms with E-state index in [-0.39, 0.29) is 0 Å². The number of nitrogens with zero attached hydrogens (tertiary/aromatic N) is 1. The molecule has 0 aliphatic carbocycles. The average molecular weight is 231 g/mol. The topological polar surface area (TPSA) is 12.5 Å². The van der Waals surface area contributed by atoms with Gasteiger partial charge >= 0.3 is 0 Å². The first-order chi connectivity index (χ1) is 7.30. The summed E-state index contributed by atoms with van der Waals surface area (Å²) in [5, 5.41) is 0. The SMILES string of the molecule is CCC(CS)CN(CC)CC1CCCO1. The highest BCUT2D eigenvalue weighted by Gasteiger charge is 2.19. The Balaban J connectivity index is 2.27. The van der Waals surface area contributed by atoms with Gasteiger partial charge in [0.1, 0.15) is 0 Å². The summed E-state index contributed by atoms with van der Waals surface area (Å²) in [5.41, 5.74) is 0. The summed E-state index contributed by atoms with van der Waals surface area (Å²) in [6, 6.07) is 0. The number of thiol groups is 1. The number of likely N-dealkylation sites (N-methyl/N-ethyl adjacent to an activating group) is 1. The highest BCUT2D eigenvalue weighted by Crippen LogP contribution is 2.15. The summed E-state index contributed by atoms with van der Waals surface area (Å²) in [5.74, 6) is 1.73. The Morgan fingerprint density at radius 2 is 2.27 bits per heavy atom. The van der Waals surface area contributed by atoms with Gasteiger partial charge in [0.2, 0.25) is 0 Å². The van der Waals surface area contributed by atoms with E-state index in [9.17, 15) is 0 Å². The number of ether oxygens (including phenoxy) is 1. The van der Waals surface area contributed by atoms with E-state index in [1.165, 1.54) is 25.8 Å². The van der Waals surface area contributed by atoms with Crippen LogP contribution in [0, 0.1) is 5.92 Å². The molecule has 90 valence electrons. The number of rotatable bonds is 7. The molecule has 1 aliphatic heterocycles. The molecule has 0 amide bonds. The van der Waals surface area contributed by atoms with Crippen molar-refractivity contribution >= 4 is 12.6 Å². The molecule has 0 aromatic carbocycles. The largest absolute Gasteiger partial charge is 0.377 e. The van der Waals surface area contributed by atoms with Gasteiger partial charge in [0, 0.05) is 19.7 Å². The van der Waals surface area contributed by atoms with E-state index in [1.54, 1.807) is 0 Å². The Hall–Kier alpha value is 0.270. The van der Waals surface area contributed by atoms with Gasteiger partial charge in [-0.05, 0) is 31.1 Å². The van der Waals surface area contributed by atoms with Gasteiger partial charge in [-0.15, -0.1) is 0 Å². The lowest BCUT2D eigenvalue weighted by Gasteiger charge is -2.27. The van der Waals surface area contributed by atoms with Crippen LogP contribution in [0.15, 0.2) is 0 Å². The predicted octanol–water partition coefficient (Wildman–Crippen LogP) is 2.44. The fourth-order valence-corrected chi connectivity index (χ4v) is 2.46. The maximum absolute atomic E-state index is 5.67. The first-order valence-corrected chi connectivity index (χ1v) is 6.88. The van der Waals surface area contributed by atoms with Crippen LogP contribution in [0.5, 0.6) is 0 Å². The van der Waals surface area contributed by atoms with Gasteiger partial charge in [-0.1, -0.05) is 20.3 Å².